The monoisotopic (exact) mass is 338 g/mol. The Morgan fingerprint density at radius 2 is 2.10 bits per heavy atom. The van der Waals surface area contributed by atoms with E-state index in [9.17, 15) is 4.79 Å². The van der Waals surface area contributed by atoms with Gasteiger partial charge in [0.15, 0.2) is 5.54 Å². The number of ether oxygens (including phenoxy) is 1. The molecule has 0 radical (unpaired) electrons. The van der Waals surface area contributed by atoms with Crippen LogP contribution in [0.1, 0.15) is 12.8 Å². The van der Waals surface area contributed by atoms with E-state index < -0.39 is 5.54 Å². The van der Waals surface area contributed by atoms with Gasteiger partial charge in [0.25, 0.3) is 0 Å². The molecule has 3 fully saturated rings. The summed E-state index contributed by atoms with van der Waals surface area (Å²) >= 11 is 3.54. The molecule has 3 heterocycles. The molecule has 0 amide bonds. The number of para-hydroxylation sites is 1. The molecule has 1 N–H and O–H groups in total. The number of anilines is 1. The average molecular weight is 339 g/mol. The first kappa shape index (κ1) is 13.9. The molecule has 2 bridgehead atoms. The number of rotatable bonds is 3. The topological polar surface area (TPSA) is 41.6 Å². The normalized spacial score (nSPS) is 31.9. The van der Waals surface area contributed by atoms with Crippen LogP contribution in [0.4, 0.5) is 5.69 Å². The van der Waals surface area contributed by atoms with Crippen molar-refractivity contribution in [2.24, 2.45) is 5.92 Å². The third-order valence-electron chi connectivity index (χ3n) is 4.54. The van der Waals surface area contributed by atoms with Crippen molar-refractivity contribution in [3.8, 4) is 0 Å². The third-order valence-corrected chi connectivity index (χ3v) is 5.23. The van der Waals surface area contributed by atoms with Crippen LogP contribution in [0.3, 0.4) is 0 Å². The van der Waals surface area contributed by atoms with Crippen molar-refractivity contribution in [2.45, 2.75) is 18.4 Å². The summed E-state index contributed by atoms with van der Waals surface area (Å²) in [5.41, 5.74) is 0.335. The van der Waals surface area contributed by atoms with E-state index >= 15 is 0 Å². The van der Waals surface area contributed by atoms with Crippen LogP contribution in [-0.4, -0.2) is 43.2 Å². The number of fused-ring (bicyclic) bond motifs is 3. The number of carbonyl (C=O) groups excluding carboxylic acids is 1. The first-order valence-electron chi connectivity index (χ1n) is 6.99. The SMILES string of the molecule is COC(=O)C1(Nc2ccccc2Br)CN2CCC1CC2. The minimum absolute atomic E-state index is 0.150. The van der Waals surface area contributed by atoms with E-state index in [1.165, 1.54) is 7.11 Å². The van der Waals surface area contributed by atoms with Crippen molar-refractivity contribution < 1.29 is 9.53 Å². The van der Waals surface area contributed by atoms with Crippen LogP contribution in [0.25, 0.3) is 0 Å². The van der Waals surface area contributed by atoms with Crippen LogP contribution in [-0.2, 0) is 9.53 Å². The number of piperidine rings is 3. The van der Waals surface area contributed by atoms with Gasteiger partial charge in [-0.05, 0) is 59.9 Å². The van der Waals surface area contributed by atoms with Crippen molar-refractivity contribution in [1.29, 1.82) is 0 Å². The predicted octanol–water partition coefficient (Wildman–Crippen LogP) is 2.50. The molecule has 0 spiro atoms. The zero-order valence-electron chi connectivity index (χ0n) is 11.6. The van der Waals surface area contributed by atoms with Crippen molar-refractivity contribution >= 4 is 27.6 Å². The molecule has 5 heteroatoms. The third kappa shape index (κ3) is 2.23. The molecule has 0 saturated carbocycles. The smallest absolute Gasteiger partial charge is 0.333 e. The molecule has 3 aliphatic heterocycles. The lowest BCUT2D eigenvalue weighted by atomic mass is 9.72. The molecule has 20 heavy (non-hydrogen) atoms. The van der Waals surface area contributed by atoms with Crippen molar-refractivity contribution in [3.63, 3.8) is 0 Å². The fraction of sp³-hybridized carbons (Fsp3) is 0.533. The van der Waals surface area contributed by atoms with Crippen LogP contribution in [0.5, 0.6) is 0 Å². The number of nitrogens with zero attached hydrogens (tertiary/aromatic N) is 1. The van der Waals surface area contributed by atoms with Gasteiger partial charge < -0.3 is 15.0 Å². The van der Waals surface area contributed by atoms with Crippen LogP contribution in [0.2, 0.25) is 0 Å². The number of hydrogen-bond acceptors (Lipinski definition) is 4. The quantitative estimate of drug-likeness (QED) is 0.860. The standard InChI is InChI=1S/C15H19BrN2O2/c1-20-14(19)15(10-18-8-6-11(15)7-9-18)17-13-5-3-2-4-12(13)16/h2-5,11,17H,6-10H2,1H3. The van der Waals surface area contributed by atoms with Gasteiger partial charge in [-0.15, -0.1) is 0 Å². The molecule has 1 aromatic carbocycles. The maximum atomic E-state index is 12.5. The summed E-state index contributed by atoms with van der Waals surface area (Å²) in [6, 6.07) is 7.91. The number of nitrogens with one attached hydrogen (secondary N) is 1. The lowest BCUT2D eigenvalue weighted by Gasteiger charge is -2.51. The maximum Gasteiger partial charge on any atom is 0.333 e. The zero-order valence-corrected chi connectivity index (χ0v) is 13.1. The van der Waals surface area contributed by atoms with Crippen LogP contribution >= 0.6 is 15.9 Å². The summed E-state index contributed by atoms with van der Waals surface area (Å²) in [4.78, 5) is 14.8. The van der Waals surface area contributed by atoms with Gasteiger partial charge in [-0.3, -0.25) is 0 Å². The molecule has 1 unspecified atom stereocenters. The summed E-state index contributed by atoms with van der Waals surface area (Å²) in [6.45, 7) is 2.90. The summed E-state index contributed by atoms with van der Waals surface area (Å²) in [7, 11) is 1.48. The first-order valence-corrected chi connectivity index (χ1v) is 7.78. The lowest BCUT2D eigenvalue weighted by Crippen LogP contribution is -2.67. The van der Waals surface area contributed by atoms with Gasteiger partial charge in [-0.2, -0.15) is 0 Å². The summed E-state index contributed by atoms with van der Waals surface area (Å²) in [6.07, 6.45) is 2.10. The molecule has 0 aliphatic carbocycles. The molecule has 3 aliphatic rings. The van der Waals surface area contributed by atoms with Crippen molar-refractivity contribution in [2.75, 3.05) is 32.1 Å². The fourth-order valence-electron chi connectivity index (χ4n) is 3.47. The van der Waals surface area contributed by atoms with E-state index in [2.05, 4.69) is 26.1 Å². The molecular weight excluding hydrogens is 320 g/mol. The highest BCUT2D eigenvalue weighted by Gasteiger charge is 2.53. The Labute approximate surface area is 127 Å². The lowest BCUT2D eigenvalue weighted by molar-refractivity contribution is -0.153. The van der Waals surface area contributed by atoms with Gasteiger partial charge in [0.1, 0.15) is 0 Å². The number of methoxy groups -OCH3 is 1. The Morgan fingerprint density at radius 1 is 1.40 bits per heavy atom. The van der Waals surface area contributed by atoms with Crippen LogP contribution < -0.4 is 5.32 Å². The van der Waals surface area contributed by atoms with E-state index in [0.717, 1.165) is 42.6 Å². The van der Waals surface area contributed by atoms with Gasteiger partial charge >= 0.3 is 5.97 Å². The summed E-state index contributed by atoms with van der Waals surface area (Å²) in [5.74, 6) is 0.190. The van der Waals surface area contributed by atoms with Gasteiger partial charge in [-0.25, -0.2) is 4.79 Å². The van der Waals surface area contributed by atoms with E-state index in [0.29, 0.717) is 5.92 Å². The summed E-state index contributed by atoms with van der Waals surface area (Å²) < 4.78 is 6.09. The maximum absolute atomic E-state index is 12.5. The highest BCUT2D eigenvalue weighted by Crippen LogP contribution is 2.40. The Morgan fingerprint density at radius 3 is 2.65 bits per heavy atom. The molecule has 3 saturated heterocycles. The van der Waals surface area contributed by atoms with E-state index in [-0.39, 0.29) is 5.97 Å². The van der Waals surface area contributed by atoms with Crippen LogP contribution in [0, 0.1) is 5.92 Å². The molecule has 1 atom stereocenters. The van der Waals surface area contributed by atoms with Crippen molar-refractivity contribution in [3.05, 3.63) is 28.7 Å². The Bertz CT molecular complexity index is 514. The molecule has 108 valence electrons. The molecule has 4 rings (SSSR count). The number of benzene rings is 1. The highest BCUT2D eigenvalue weighted by molar-refractivity contribution is 9.10. The van der Waals surface area contributed by atoms with Crippen LogP contribution in [0.15, 0.2) is 28.7 Å². The summed E-state index contributed by atoms with van der Waals surface area (Å²) in [5, 5.41) is 3.48. The molecule has 1 aromatic rings. The number of halogens is 1. The number of hydrogen-bond donors (Lipinski definition) is 1. The van der Waals surface area contributed by atoms with Gasteiger partial charge in [-0.1, -0.05) is 12.1 Å². The van der Waals surface area contributed by atoms with Gasteiger partial charge in [0.2, 0.25) is 0 Å². The first-order chi connectivity index (χ1) is 9.65. The second-order valence-corrected chi connectivity index (χ2v) is 6.47. The second-order valence-electron chi connectivity index (χ2n) is 5.62. The number of esters is 1. The minimum Gasteiger partial charge on any atom is -0.467 e. The Hall–Kier alpha value is -1.07. The van der Waals surface area contributed by atoms with E-state index in [1.54, 1.807) is 0 Å². The van der Waals surface area contributed by atoms with Crippen molar-refractivity contribution in [1.82, 2.24) is 4.90 Å². The van der Waals surface area contributed by atoms with E-state index in [4.69, 9.17) is 4.74 Å². The molecule has 4 nitrogen and oxygen atoms in total. The van der Waals surface area contributed by atoms with Gasteiger partial charge in [0, 0.05) is 16.7 Å². The predicted molar refractivity (Wildman–Crippen MR) is 81.7 cm³/mol. The number of carbonyl (C=O) groups is 1. The van der Waals surface area contributed by atoms with E-state index in [1.807, 2.05) is 24.3 Å². The van der Waals surface area contributed by atoms with Gasteiger partial charge in [0.05, 0.1) is 7.11 Å². The highest BCUT2D eigenvalue weighted by atomic mass is 79.9. The average Bonchev–Trinajstić information content (AvgIpc) is 2.50. The molecule has 0 aromatic heterocycles. The second kappa shape index (κ2) is 5.37. The Balaban J connectivity index is 1.95. The Kier molecular flexibility index (Phi) is 3.73. The largest absolute Gasteiger partial charge is 0.467 e. The fourth-order valence-corrected chi connectivity index (χ4v) is 3.86. The zero-order chi connectivity index (χ0) is 14.2. The minimum atomic E-state index is -0.616. The molecular formula is C15H19BrN2O2.